The Morgan fingerprint density at radius 2 is 2.07 bits per heavy atom. The Morgan fingerprint density at radius 3 is 2.64 bits per heavy atom. The average molecular weight is 204 g/mol. The van der Waals surface area contributed by atoms with E-state index in [4.69, 9.17) is 0 Å². The normalized spacial score (nSPS) is 39.9. The van der Waals surface area contributed by atoms with Gasteiger partial charge in [-0.25, -0.2) is 8.78 Å². The van der Waals surface area contributed by atoms with E-state index < -0.39 is 6.43 Å². The highest BCUT2D eigenvalue weighted by molar-refractivity contribution is 4.91. The van der Waals surface area contributed by atoms with E-state index in [1.807, 2.05) is 0 Å². The molecule has 0 aromatic rings. The van der Waals surface area contributed by atoms with Crippen molar-refractivity contribution in [2.45, 2.75) is 38.3 Å². The van der Waals surface area contributed by atoms with Gasteiger partial charge in [-0.1, -0.05) is 0 Å². The number of hydrogen-bond acceptors (Lipinski definition) is 2. The molecule has 2 rings (SSSR count). The quantitative estimate of drug-likeness (QED) is 0.730. The van der Waals surface area contributed by atoms with E-state index in [9.17, 15) is 8.78 Å². The van der Waals surface area contributed by atoms with Crippen LogP contribution in [0.1, 0.15) is 19.8 Å². The van der Waals surface area contributed by atoms with Gasteiger partial charge in [-0.15, -0.1) is 0 Å². The highest BCUT2D eigenvalue weighted by atomic mass is 19.3. The van der Waals surface area contributed by atoms with Gasteiger partial charge in [0.25, 0.3) is 0 Å². The van der Waals surface area contributed by atoms with Crippen LogP contribution in [0, 0.1) is 5.92 Å². The number of nitrogens with one attached hydrogen (secondary N) is 1. The summed E-state index contributed by atoms with van der Waals surface area (Å²) in [6.07, 6.45) is -0.707. The molecule has 2 aliphatic rings. The summed E-state index contributed by atoms with van der Waals surface area (Å²) in [6.45, 7) is 5.18. The maximum absolute atomic E-state index is 12.3. The summed E-state index contributed by atoms with van der Waals surface area (Å²) in [5.74, 6) is -0.329. The van der Waals surface area contributed by atoms with Crippen molar-refractivity contribution >= 4 is 0 Å². The molecule has 1 aliphatic heterocycles. The lowest BCUT2D eigenvalue weighted by molar-refractivity contribution is -0.0289. The summed E-state index contributed by atoms with van der Waals surface area (Å²) >= 11 is 0. The molecular weight excluding hydrogens is 186 g/mol. The van der Waals surface area contributed by atoms with Crippen LogP contribution in [0.4, 0.5) is 8.78 Å². The van der Waals surface area contributed by atoms with Crippen molar-refractivity contribution in [3.05, 3.63) is 0 Å². The Morgan fingerprint density at radius 1 is 1.36 bits per heavy atom. The van der Waals surface area contributed by atoms with Crippen molar-refractivity contribution < 1.29 is 8.78 Å². The van der Waals surface area contributed by atoms with Gasteiger partial charge < -0.3 is 5.32 Å². The molecule has 0 bridgehead atoms. The lowest BCUT2D eigenvalue weighted by Gasteiger charge is -2.45. The number of piperazine rings is 1. The van der Waals surface area contributed by atoms with Gasteiger partial charge in [0.15, 0.2) is 0 Å². The Balaban J connectivity index is 1.76. The fourth-order valence-corrected chi connectivity index (χ4v) is 2.43. The van der Waals surface area contributed by atoms with Crippen molar-refractivity contribution in [3.63, 3.8) is 0 Å². The third-order valence-corrected chi connectivity index (χ3v) is 3.42. The molecule has 82 valence electrons. The van der Waals surface area contributed by atoms with Crippen LogP contribution < -0.4 is 5.32 Å². The first-order valence-electron chi connectivity index (χ1n) is 5.42. The molecule has 0 aromatic carbocycles. The molecule has 2 nitrogen and oxygen atoms in total. The maximum Gasteiger partial charge on any atom is 0.241 e. The van der Waals surface area contributed by atoms with Gasteiger partial charge in [0.1, 0.15) is 0 Å². The van der Waals surface area contributed by atoms with Crippen molar-refractivity contribution in [1.29, 1.82) is 0 Å². The molecule has 1 heterocycles. The van der Waals surface area contributed by atoms with E-state index in [0.29, 0.717) is 24.9 Å². The molecule has 1 saturated carbocycles. The Labute approximate surface area is 83.7 Å². The number of nitrogens with zero attached hydrogens (tertiary/aromatic N) is 1. The molecule has 0 unspecified atom stereocenters. The second-order valence-electron chi connectivity index (χ2n) is 4.57. The topological polar surface area (TPSA) is 15.3 Å². The first-order chi connectivity index (χ1) is 6.66. The SMILES string of the molecule is C[C@H]1CN(C2CC(C(F)F)C2)CCN1. The number of hydrogen-bond donors (Lipinski definition) is 1. The number of rotatable bonds is 2. The Bertz CT molecular complexity index is 193. The highest BCUT2D eigenvalue weighted by Crippen LogP contribution is 2.36. The molecule has 0 spiro atoms. The summed E-state index contributed by atoms with van der Waals surface area (Å²) in [5, 5.41) is 3.36. The van der Waals surface area contributed by atoms with Crippen LogP contribution in [0.2, 0.25) is 0 Å². The fraction of sp³-hybridized carbons (Fsp3) is 1.00. The zero-order chi connectivity index (χ0) is 10.1. The van der Waals surface area contributed by atoms with Crippen LogP contribution in [0.3, 0.4) is 0 Å². The molecule has 0 amide bonds. The van der Waals surface area contributed by atoms with E-state index in [1.54, 1.807) is 0 Å². The molecule has 2 fully saturated rings. The largest absolute Gasteiger partial charge is 0.312 e. The molecular formula is C10H18F2N2. The van der Waals surface area contributed by atoms with Crippen LogP contribution in [0.15, 0.2) is 0 Å². The van der Waals surface area contributed by atoms with E-state index in [-0.39, 0.29) is 5.92 Å². The van der Waals surface area contributed by atoms with Gasteiger partial charge in [0, 0.05) is 37.6 Å². The summed E-state index contributed by atoms with van der Waals surface area (Å²) < 4.78 is 24.5. The number of halogens is 2. The summed E-state index contributed by atoms with van der Waals surface area (Å²) in [4.78, 5) is 2.36. The summed E-state index contributed by atoms with van der Waals surface area (Å²) in [5.41, 5.74) is 0. The van der Waals surface area contributed by atoms with Crippen LogP contribution in [-0.4, -0.2) is 43.0 Å². The van der Waals surface area contributed by atoms with Gasteiger partial charge in [0.2, 0.25) is 6.43 Å². The molecule has 1 atom stereocenters. The lowest BCUT2D eigenvalue weighted by Crippen LogP contribution is -2.56. The Hall–Kier alpha value is -0.220. The second kappa shape index (κ2) is 4.11. The molecule has 0 aromatic heterocycles. The van der Waals surface area contributed by atoms with Crippen LogP contribution in [-0.2, 0) is 0 Å². The van der Waals surface area contributed by atoms with E-state index in [1.165, 1.54) is 0 Å². The maximum atomic E-state index is 12.3. The molecule has 14 heavy (non-hydrogen) atoms. The van der Waals surface area contributed by atoms with Crippen molar-refractivity contribution in [2.24, 2.45) is 5.92 Å². The minimum absolute atomic E-state index is 0.329. The average Bonchev–Trinajstić information content (AvgIpc) is 2.00. The zero-order valence-corrected chi connectivity index (χ0v) is 8.55. The predicted molar refractivity (Wildman–Crippen MR) is 51.6 cm³/mol. The minimum atomic E-state index is -2.11. The van der Waals surface area contributed by atoms with Crippen LogP contribution >= 0.6 is 0 Å². The van der Waals surface area contributed by atoms with Crippen LogP contribution in [0.5, 0.6) is 0 Å². The predicted octanol–water partition coefficient (Wildman–Crippen LogP) is 1.32. The summed E-state index contributed by atoms with van der Waals surface area (Å²) in [6, 6.07) is 0.938. The van der Waals surface area contributed by atoms with E-state index in [2.05, 4.69) is 17.1 Å². The lowest BCUT2D eigenvalue weighted by atomic mass is 9.79. The zero-order valence-electron chi connectivity index (χ0n) is 8.55. The van der Waals surface area contributed by atoms with Gasteiger partial charge >= 0.3 is 0 Å². The van der Waals surface area contributed by atoms with E-state index >= 15 is 0 Å². The first-order valence-corrected chi connectivity index (χ1v) is 5.42. The van der Waals surface area contributed by atoms with Crippen molar-refractivity contribution in [3.8, 4) is 0 Å². The smallest absolute Gasteiger partial charge is 0.241 e. The van der Waals surface area contributed by atoms with Gasteiger partial charge in [0.05, 0.1) is 0 Å². The summed E-state index contributed by atoms with van der Waals surface area (Å²) in [7, 11) is 0. The third-order valence-electron chi connectivity index (χ3n) is 3.42. The second-order valence-corrected chi connectivity index (χ2v) is 4.57. The highest BCUT2D eigenvalue weighted by Gasteiger charge is 2.39. The van der Waals surface area contributed by atoms with Gasteiger partial charge in [-0.3, -0.25) is 4.90 Å². The molecule has 4 heteroatoms. The minimum Gasteiger partial charge on any atom is -0.312 e. The molecule has 1 N–H and O–H groups in total. The monoisotopic (exact) mass is 204 g/mol. The van der Waals surface area contributed by atoms with Crippen molar-refractivity contribution in [2.75, 3.05) is 19.6 Å². The molecule has 1 saturated heterocycles. The first kappa shape index (κ1) is 10.3. The van der Waals surface area contributed by atoms with Crippen molar-refractivity contribution in [1.82, 2.24) is 10.2 Å². The van der Waals surface area contributed by atoms with Gasteiger partial charge in [-0.2, -0.15) is 0 Å². The van der Waals surface area contributed by atoms with E-state index in [0.717, 1.165) is 19.6 Å². The molecule has 0 radical (unpaired) electrons. The Kier molecular flexibility index (Phi) is 3.02. The molecule has 1 aliphatic carbocycles. The number of alkyl halides is 2. The van der Waals surface area contributed by atoms with Crippen LogP contribution in [0.25, 0.3) is 0 Å². The fourth-order valence-electron chi connectivity index (χ4n) is 2.43. The van der Waals surface area contributed by atoms with Gasteiger partial charge in [-0.05, 0) is 19.8 Å². The third kappa shape index (κ3) is 2.06. The standard InChI is InChI=1S/C10H18F2N2/c1-7-6-14(3-2-13-7)9-4-8(5-9)10(11)12/h7-10,13H,2-6H2,1H3/t7-,8?,9?/m0/s1.